The molecule has 1 aliphatic rings. The van der Waals surface area contributed by atoms with Crippen LogP contribution in [0.2, 0.25) is 0 Å². The summed E-state index contributed by atoms with van der Waals surface area (Å²) in [5, 5.41) is 0. The summed E-state index contributed by atoms with van der Waals surface area (Å²) < 4.78 is 5.47. The van der Waals surface area contributed by atoms with Crippen molar-refractivity contribution in [1.29, 1.82) is 0 Å². The van der Waals surface area contributed by atoms with Crippen LogP contribution in [0.25, 0.3) is 0 Å². The normalized spacial score (nSPS) is 18.1. The third-order valence-corrected chi connectivity index (χ3v) is 4.46. The van der Waals surface area contributed by atoms with Gasteiger partial charge in [-0.1, -0.05) is 6.07 Å². The van der Waals surface area contributed by atoms with Gasteiger partial charge < -0.3 is 21.1 Å². The van der Waals surface area contributed by atoms with E-state index in [-0.39, 0.29) is 11.8 Å². The number of ether oxygens (including phenoxy) is 1. The average Bonchev–Trinajstić information content (AvgIpc) is 2.50. The Hall–Kier alpha value is -1.75. The average molecular weight is 305 g/mol. The van der Waals surface area contributed by atoms with Crippen molar-refractivity contribution >= 4 is 11.6 Å². The zero-order valence-electron chi connectivity index (χ0n) is 13.5. The monoisotopic (exact) mass is 305 g/mol. The van der Waals surface area contributed by atoms with Crippen molar-refractivity contribution in [3.63, 3.8) is 0 Å². The molecule has 5 nitrogen and oxygen atoms in total. The van der Waals surface area contributed by atoms with Crippen molar-refractivity contribution < 1.29 is 9.53 Å². The largest absolute Gasteiger partial charge is 0.492 e. The Balaban J connectivity index is 1.91. The van der Waals surface area contributed by atoms with E-state index in [2.05, 4.69) is 17.9 Å². The first-order chi connectivity index (χ1) is 10.5. The summed E-state index contributed by atoms with van der Waals surface area (Å²) in [4.78, 5) is 13.6. The number of rotatable bonds is 6. The highest BCUT2D eigenvalue weighted by Crippen LogP contribution is 2.25. The maximum absolute atomic E-state index is 11.2. The Morgan fingerprint density at radius 2 is 2.09 bits per heavy atom. The van der Waals surface area contributed by atoms with Crippen LogP contribution in [0.15, 0.2) is 18.2 Å². The molecule has 0 spiro atoms. The van der Waals surface area contributed by atoms with Gasteiger partial charge in [0.25, 0.3) is 0 Å². The predicted molar refractivity (Wildman–Crippen MR) is 88.7 cm³/mol. The summed E-state index contributed by atoms with van der Waals surface area (Å²) in [6.07, 6.45) is 2.67. The second-order valence-electron chi connectivity index (χ2n) is 6.07. The summed E-state index contributed by atoms with van der Waals surface area (Å²) in [5.41, 5.74) is 13.3. The van der Waals surface area contributed by atoms with Crippen LogP contribution in [0.5, 0.6) is 5.75 Å². The summed E-state index contributed by atoms with van der Waals surface area (Å²) in [5.74, 6) is 0.636. The highest BCUT2D eigenvalue weighted by atomic mass is 16.5. The van der Waals surface area contributed by atoms with E-state index in [1.165, 1.54) is 5.56 Å². The lowest BCUT2D eigenvalue weighted by atomic mass is 9.94. The molecule has 22 heavy (non-hydrogen) atoms. The molecule has 1 fully saturated rings. The number of hydrogen-bond acceptors (Lipinski definition) is 4. The third kappa shape index (κ3) is 4.13. The molecule has 1 atom stereocenters. The summed E-state index contributed by atoms with van der Waals surface area (Å²) >= 11 is 0. The van der Waals surface area contributed by atoms with E-state index < -0.39 is 0 Å². The molecule has 0 saturated carbocycles. The zero-order chi connectivity index (χ0) is 16.1. The molecule has 1 saturated heterocycles. The number of carbonyl (C=O) groups excluding carboxylic acids is 1. The fourth-order valence-corrected chi connectivity index (χ4v) is 3.11. The Morgan fingerprint density at radius 3 is 2.64 bits per heavy atom. The number of carbonyl (C=O) groups is 1. The van der Waals surface area contributed by atoms with Crippen LogP contribution in [-0.2, 0) is 11.2 Å². The number of benzene rings is 1. The molecule has 0 radical (unpaired) electrons. The van der Waals surface area contributed by atoms with Gasteiger partial charge in [0.2, 0.25) is 5.91 Å². The standard InChI is InChI=1S/C17H27N3O2/c1-3-22-16-5-4-13(11-15(16)18)10-12(2)20-8-6-14(7-9-20)17(19)21/h4-5,11-12,14H,3,6-10,18H2,1-2H3,(H2,19,21). The summed E-state index contributed by atoms with van der Waals surface area (Å²) in [6.45, 7) is 6.65. The van der Waals surface area contributed by atoms with Crippen LogP contribution >= 0.6 is 0 Å². The minimum absolute atomic E-state index is 0.0459. The van der Waals surface area contributed by atoms with Gasteiger partial charge in [0, 0.05) is 12.0 Å². The van der Waals surface area contributed by atoms with Gasteiger partial charge >= 0.3 is 0 Å². The number of likely N-dealkylation sites (tertiary alicyclic amines) is 1. The van der Waals surface area contributed by atoms with Crippen molar-refractivity contribution in [3.8, 4) is 5.75 Å². The lowest BCUT2D eigenvalue weighted by Gasteiger charge is -2.35. The lowest BCUT2D eigenvalue weighted by Crippen LogP contribution is -2.43. The van der Waals surface area contributed by atoms with Crippen molar-refractivity contribution in [2.24, 2.45) is 11.7 Å². The summed E-state index contributed by atoms with van der Waals surface area (Å²) in [7, 11) is 0. The van der Waals surface area contributed by atoms with E-state index >= 15 is 0 Å². The van der Waals surface area contributed by atoms with E-state index in [4.69, 9.17) is 16.2 Å². The molecule has 0 bridgehead atoms. The molecule has 1 amide bonds. The van der Waals surface area contributed by atoms with Crippen molar-refractivity contribution in [2.45, 2.75) is 39.2 Å². The first-order valence-corrected chi connectivity index (χ1v) is 8.05. The number of nitrogen functional groups attached to an aromatic ring is 1. The molecule has 122 valence electrons. The van der Waals surface area contributed by atoms with Crippen molar-refractivity contribution in [3.05, 3.63) is 23.8 Å². The fourth-order valence-electron chi connectivity index (χ4n) is 3.11. The predicted octanol–water partition coefficient (Wildman–Crippen LogP) is 1.80. The smallest absolute Gasteiger partial charge is 0.220 e. The summed E-state index contributed by atoms with van der Waals surface area (Å²) in [6, 6.07) is 6.44. The van der Waals surface area contributed by atoms with Crippen LogP contribution in [0.4, 0.5) is 5.69 Å². The minimum Gasteiger partial charge on any atom is -0.492 e. The van der Waals surface area contributed by atoms with E-state index in [1.807, 2.05) is 19.1 Å². The molecule has 1 aromatic rings. The maximum atomic E-state index is 11.2. The number of amides is 1. The molecular formula is C17H27N3O2. The number of nitrogens with zero attached hydrogens (tertiary/aromatic N) is 1. The van der Waals surface area contributed by atoms with E-state index in [0.29, 0.717) is 18.3 Å². The van der Waals surface area contributed by atoms with E-state index in [0.717, 1.165) is 38.1 Å². The Labute approximate surface area is 132 Å². The first-order valence-electron chi connectivity index (χ1n) is 8.05. The molecule has 4 N–H and O–H groups in total. The number of hydrogen-bond donors (Lipinski definition) is 2. The quantitative estimate of drug-likeness (QED) is 0.785. The molecule has 0 aromatic heterocycles. The van der Waals surface area contributed by atoms with Gasteiger partial charge in [-0.25, -0.2) is 0 Å². The molecule has 1 aromatic carbocycles. The second-order valence-corrected chi connectivity index (χ2v) is 6.07. The van der Waals surface area contributed by atoms with Gasteiger partial charge in [0.15, 0.2) is 0 Å². The van der Waals surface area contributed by atoms with Gasteiger partial charge in [-0.15, -0.1) is 0 Å². The van der Waals surface area contributed by atoms with E-state index in [9.17, 15) is 4.79 Å². The van der Waals surface area contributed by atoms with Gasteiger partial charge in [-0.3, -0.25) is 4.79 Å². The van der Waals surface area contributed by atoms with Crippen LogP contribution in [-0.4, -0.2) is 36.5 Å². The van der Waals surface area contributed by atoms with Gasteiger partial charge in [0.05, 0.1) is 12.3 Å². The molecule has 0 aliphatic carbocycles. The van der Waals surface area contributed by atoms with Gasteiger partial charge in [-0.2, -0.15) is 0 Å². The van der Waals surface area contributed by atoms with Gasteiger partial charge in [-0.05, 0) is 63.9 Å². The number of nitrogens with two attached hydrogens (primary N) is 2. The first kappa shape index (κ1) is 16.6. The number of anilines is 1. The number of piperidine rings is 1. The second kappa shape index (κ2) is 7.49. The third-order valence-electron chi connectivity index (χ3n) is 4.46. The van der Waals surface area contributed by atoms with E-state index in [1.54, 1.807) is 0 Å². The lowest BCUT2D eigenvalue weighted by molar-refractivity contribution is -0.123. The Morgan fingerprint density at radius 1 is 1.41 bits per heavy atom. The maximum Gasteiger partial charge on any atom is 0.220 e. The molecule has 2 rings (SSSR count). The van der Waals surface area contributed by atoms with Crippen LogP contribution in [0.3, 0.4) is 0 Å². The Bertz CT molecular complexity index is 511. The number of primary amides is 1. The highest BCUT2D eigenvalue weighted by molar-refractivity contribution is 5.76. The SMILES string of the molecule is CCOc1ccc(CC(C)N2CCC(C(N)=O)CC2)cc1N. The molecular weight excluding hydrogens is 278 g/mol. The van der Waals surface area contributed by atoms with Crippen molar-refractivity contribution in [2.75, 3.05) is 25.4 Å². The van der Waals surface area contributed by atoms with Crippen molar-refractivity contribution in [1.82, 2.24) is 4.90 Å². The van der Waals surface area contributed by atoms with Gasteiger partial charge in [0.1, 0.15) is 5.75 Å². The highest BCUT2D eigenvalue weighted by Gasteiger charge is 2.25. The topological polar surface area (TPSA) is 81.6 Å². The van der Waals surface area contributed by atoms with Crippen LogP contribution < -0.4 is 16.2 Å². The fraction of sp³-hybridized carbons (Fsp3) is 0.588. The van der Waals surface area contributed by atoms with Crippen LogP contribution in [0.1, 0.15) is 32.3 Å². The van der Waals surface area contributed by atoms with Crippen LogP contribution in [0, 0.1) is 5.92 Å². The zero-order valence-corrected chi connectivity index (χ0v) is 13.5. The Kier molecular flexibility index (Phi) is 5.66. The minimum atomic E-state index is -0.161. The molecule has 5 heteroatoms. The molecule has 1 aliphatic heterocycles. The molecule has 1 heterocycles. The molecule has 1 unspecified atom stereocenters.